The van der Waals surface area contributed by atoms with Crippen LogP contribution >= 0.6 is 0 Å². The minimum absolute atomic E-state index is 0.162. The van der Waals surface area contributed by atoms with Crippen LogP contribution in [0, 0.1) is 27.7 Å². The Hall–Kier alpha value is -2.61. The Bertz CT molecular complexity index is 1110. The average molecular weight is 388 g/mol. The van der Waals surface area contributed by atoms with Gasteiger partial charge in [-0.25, -0.2) is 8.42 Å². The Morgan fingerprint density at radius 1 is 1.15 bits per heavy atom. The Kier molecular flexibility index (Phi) is 4.86. The fourth-order valence-electron chi connectivity index (χ4n) is 3.05. The average Bonchev–Trinajstić information content (AvgIpc) is 3.17. The van der Waals surface area contributed by atoms with Crippen molar-refractivity contribution in [3.8, 4) is 11.5 Å². The maximum Gasteiger partial charge on any atom is 0.264 e. The quantitative estimate of drug-likeness (QED) is 0.720. The maximum atomic E-state index is 13.3. The van der Waals surface area contributed by atoms with E-state index in [1.165, 1.54) is 0 Å². The van der Waals surface area contributed by atoms with Crippen molar-refractivity contribution in [2.24, 2.45) is 7.05 Å². The van der Waals surface area contributed by atoms with Crippen LogP contribution in [-0.2, 0) is 23.5 Å². The van der Waals surface area contributed by atoms with Gasteiger partial charge in [0.15, 0.2) is 5.82 Å². The summed E-state index contributed by atoms with van der Waals surface area (Å²) in [6.45, 7) is 9.36. The summed E-state index contributed by atoms with van der Waals surface area (Å²) in [4.78, 5) is 4.51. The lowest BCUT2D eigenvalue weighted by Gasteiger charge is -2.13. The number of benzene rings is 1. The molecule has 3 rings (SSSR count). The summed E-state index contributed by atoms with van der Waals surface area (Å²) < 4.78 is 36.5. The van der Waals surface area contributed by atoms with E-state index in [0.717, 1.165) is 16.8 Å². The SMILES string of the molecule is CCc1noc(-c2c(S(=O)(=O)Nc3cccc(C)c3C)c(C)n(C)c2C)n1. The third-order valence-electron chi connectivity index (χ3n) is 5.04. The first-order valence-corrected chi connectivity index (χ1v) is 10.2. The highest BCUT2D eigenvalue weighted by Gasteiger charge is 2.31. The zero-order valence-corrected chi connectivity index (χ0v) is 17.2. The first kappa shape index (κ1) is 19.2. The minimum Gasteiger partial charge on any atom is -0.350 e. The molecule has 0 fully saturated rings. The Labute approximate surface area is 159 Å². The van der Waals surface area contributed by atoms with Crippen molar-refractivity contribution in [1.29, 1.82) is 0 Å². The van der Waals surface area contributed by atoms with Crippen molar-refractivity contribution in [3.05, 3.63) is 46.5 Å². The highest BCUT2D eigenvalue weighted by atomic mass is 32.2. The van der Waals surface area contributed by atoms with Gasteiger partial charge in [-0.1, -0.05) is 24.2 Å². The summed E-state index contributed by atoms with van der Waals surface area (Å²) in [6, 6.07) is 5.53. The summed E-state index contributed by atoms with van der Waals surface area (Å²) in [7, 11) is -2.04. The van der Waals surface area contributed by atoms with E-state index in [0.29, 0.717) is 29.2 Å². The molecule has 1 N–H and O–H groups in total. The lowest BCUT2D eigenvalue weighted by atomic mass is 10.1. The number of sulfonamides is 1. The highest BCUT2D eigenvalue weighted by molar-refractivity contribution is 7.93. The van der Waals surface area contributed by atoms with E-state index in [2.05, 4.69) is 14.9 Å². The number of rotatable bonds is 5. The van der Waals surface area contributed by atoms with E-state index >= 15 is 0 Å². The Morgan fingerprint density at radius 2 is 1.85 bits per heavy atom. The summed E-state index contributed by atoms with van der Waals surface area (Å²) >= 11 is 0. The molecule has 0 saturated heterocycles. The summed E-state index contributed by atoms with van der Waals surface area (Å²) in [6.07, 6.45) is 0.608. The molecule has 0 radical (unpaired) electrons. The molecule has 2 aromatic heterocycles. The zero-order chi connectivity index (χ0) is 19.9. The van der Waals surface area contributed by atoms with Crippen LogP contribution < -0.4 is 4.72 Å². The lowest BCUT2D eigenvalue weighted by molar-refractivity contribution is 0.422. The van der Waals surface area contributed by atoms with Crippen molar-refractivity contribution in [2.75, 3.05) is 4.72 Å². The molecule has 144 valence electrons. The van der Waals surface area contributed by atoms with Gasteiger partial charge in [-0.3, -0.25) is 4.72 Å². The van der Waals surface area contributed by atoms with Gasteiger partial charge in [0.05, 0.1) is 11.3 Å². The predicted molar refractivity (Wildman–Crippen MR) is 104 cm³/mol. The summed E-state index contributed by atoms with van der Waals surface area (Å²) in [5, 5.41) is 3.91. The predicted octanol–water partition coefficient (Wildman–Crippen LogP) is 3.67. The third-order valence-corrected chi connectivity index (χ3v) is 6.57. The fraction of sp³-hybridized carbons (Fsp3) is 0.368. The highest BCUT2D eigenvalue weighted by Crippen LogP contribution is 2.35. The number of hydrogen-bond donors (Lipinski definition) is 1. The maximum absolute atomic E-state index is 13.3. The van der Waals surface area contributed by atoms with Crippen LogP contribution in [-0.4, -0.2) is 23.1 Å². The molecule has 2 heterocycles. The molecule has 0 atom stereocenters. The van der Waals surface area contributed by atoms with Gasteiger partial charge in [-0.05, 0) is 44.9 Å². The molecule has 27 heavy (non-hydrogen) atoms. The van der Waals surface area contributed by atoms with Crippen LogP contribution in [0.25, 0.3) is 11.5 Å². The second-order valence-electron chi connectivity index (χ2n) is 6.66. The smallest absolute Gasteiger partial charge is 0.264 e. The Balaban J connectivity index is 2.18. The summed E-state index contributed by atoms with van der Waals surface area (Å²) in [5.74, 6) is 0.756. The van der Waals surface area contributed by atoms with Crippen LogP contribution in [0.5, 0.6) is 0 Å². The monoisotopic (exact) mass is 388 g/mol. The van der Waals surface area contributed by atoms with Crippen LogP contribution in [0.3, 0.4) is 0 Å². The second kappa shape index (κ2) is 6.84. The van der Waals surface area contributed by atoms with Crippen molar-refractivity contribution < 1.29 is 12.9 Å². The van der Waals surface area contributed by atoms with E-state index in [9.17, 15) is 8.42 Å². The molecule has 7 nitrogen and oxygen atoms in total. The van der Waals surface area contributed by atoms with E-state index in [1.807, 2.05) is 51.4 Å². The molecular formula is C19H24N4O3S. The van der Waals surface area contributed by atoms with Crippen molar-refractivity contribution in [3.63, 3.8) is 0 Å². The van der Waals surface area contributed by atoms with Gasteiger partial charge in [-0.15, -0.1) is 0 Å². The van der Waals surface area contributed by atoms with Gasteiger partial charge in [0.1, 0.15) is 4.90 Å². The normalized spacial score (nSPS) is 11.8. The first-order valence-electron chi connectivity index (χ1n) is 8.75. The molecule has 1 aromatic carbocycles. The molecule has 3 aromatic rings. The third kappa shape index (κ3) is 3.25. The number of hydrogen-bond acceptors (Lipinski definition) is 5. The number of anilines is 1. The van der Waals surface area contributed by atoms with E-state index in [1.54, 1.807) is 13.0 Å². The molecule has 0 spiro atoms. The van der Waals surface area contributed by atoms with Gasteiger partial charge in [0, 0.05) is 24.9 Å². The van der Waals surface area contributed by atoms with Gasteiger partial charge < -0.3 is 9.09 Å². The van der Waals surface area contributed by atoms with Crippen LogP contribution in [0.1, 0.15) is 35.3 Å². The minimum atomic E-state index is -3.86. The molecular weight excluding hydrogens is 364 g/mol. The van der Waals surface area contributed by atoms with Gasteiger partial charge in [-0.2, -0.15) is 4.98 Å². The zero-order valence-electron chi connectivity index (χ0n) is 16.4. The molecule has 0 aliphatic carbocycles. The van der Waals surface area contributed by atoms with Crippen molar-refractivity contribution >= 4 is 15.7 Å². The molecule has 0 aliphatic heterocycles. The van der Waals surface area contributed by atoms with Crippen molar-refractivity contribution in [2.45, 2.75) is 45.9 Å². The molecule has 0 bridgehead atoms. The summed E-state index contributed by atoms with van der Waals surface area (Å²) in [5.41, 5.74) is 4.26. The van der Waals surface area contributed by atoms with E-state index in [-0.39, 0.29) is 10.8 Å². The number of aromatic nitrogens is 3. The second-order valence-corrected chi connectivity index (χ2v) is 8.28. The van der Waals surface area contributed by atoms with E-state index < -0.39 is 10.0 Å². The van der Waals surface area contributed by atoms with Crippen molar-refractivity contribution in [1.82, 2.24) is 14.7 Å². The first-order chi connectivity index (χ1) is 12.7. The Morgan fingerprint density at radius 3 is 2.48 bits per heavy atom. The van der Waals surface area contributed by atoms with Gasteiger partial charge >= 0.3 is 0 Å². The molecule has 0 aliphatic rings. The molecule has 8 heteroatoms. The van der Waals surface area contributed by atoms with Crippen LogP contribution in [0.4, 0.5) is 5.69 Å². The topological polar surface area (TPSA) is 90.0 Å². The molecule has 0 amide bonds. The number of nitrogens with zero attached hydrogens (tertiary/aromatic N) is 3. The van der Waals surface area contributed by atoms with Gasteiger partial charge in [0.25, 0.3) is 15.9 Å². The van der Waals surface area contributed by atoms with Crippen LogP contribution in [0.15, 0.2) is 27.6 Å². The largest absolute Gasteiger partial charge is 0.350 e. The number of aryl methyl sites for hydroxylation is 2. The standard InChI is InChI=1S/C19H24N4O3S/c1-7-16-20-19(26-21-16)17-13(4)23(6)14(5)18(17)27(24,25)22-15-10-8-9-11(2)12(15)3/h8-10,22H,7H2,1-6H3. The van der Waals surface area contributed by atoms with Gasteiger partial charge in [0.2, 0.25) is 0 Å². The lowest BCUT2D eigenvalue weighted by Crippen LogP contribution is -2.15. The molecule has 0 saturated carbocycles. The number of nitrogens with one attached hydrogen (secondary N) is 1. The fourth-order valence-corrected chi connectivity index (χ4v) is 4.70. The molecule has 0 unspecified atom stereocenters. The van der Waals surface area contributed by atoms with E-state index in [4.69, 9.17) is 4.52 Å². The van der Waals surface area contributed by atoms with Crippen LogP contribution in [0.2, 0.25) is 0 Å².